The number of benzene rings is 3. The third-order valence-electron chi connectivity index (χ3n) is 3.25. The number of aromatic amines is 1. The van der Waals surface area contributed by atoms with E-state index in [0.29, 0.717) is 0 Å². The molecule has 0 spiro atoms. The van der Waals surface area contributed by atoms with Gasteiger partial charge in [0.25, 0.3) is 0 Å². The molecule has 2 radical (unpaired) electrons. The van der Waals surface area contributed by atoms with E-state index in [1.54, 1.807) is 0 Å². The molecule has 78 valence electrons. The van der Waals surface area contributed by atoms with Gasteiger partial charge in [-0.05, 0) is 29.7 Å². The van der Waals surface area contributed by atoms with Gasteiger partial charge in [-0.15, -0.1) is 0 Å². The average molecular weight is 215 g/mol. The van der Waals surface area contributed by atoms with Gasteiger partial charge in [0, 0.05) is 27.2 Å². The molecule has 0 aliphatic heterocycles. The van der Waals surface area contributed by atoms with E-state index in [2.05, 4.69) is 59.6 Å². The zero-order valence-electron chi connectivity index (χ0n) is 9.12. The van der Waals surface area contributed by atoms with Gasteiger partial charge < -0.3 is 4.98 Å². The third kappa shape index (κ3) is 1.14. The largest absolute Gasteiger partial charge is 0.354 e. The minimum absolute atomic E-state index is 1.14. The molecule has 0 fully saturated rings. The van der Waals surface area contributed by atoms with Crippen molar-refractivity contribution in [1.82, 2.24) is 4.98 Å². The molecule has 1 heterocycles. The zero-order chi connectivity index (χ0) is 11.2. The Balaban J connectivity index is 2.38. The Morgan fingerprint density at radius 2 is 1.82 bits per heavy atom. The molecule has 0 aliphatic carbocycles. The topological polar surface area (TPSA) is 15.8 Å². The van der Waals surface area contributed by atoms with Crippen LogP contribution in [0.4, 0.5) is 0 Å². The number of nitrogens with one attached hydrogen (secondary N) is 1. The summed E-state index contributed by atoms with van der Waals surface area (Å²) in [5.41, 5.74) is 2.34. The van der Waals surface area contributed by atoms with Crippen LogP contribution in [0.5, 0.6) is 0 Å². The van der Waals surface area contributed by atoms with Crippen molar-refractivity contribution in [2.24, 2.45) is 0 Å². The monoisotopic (exact) mass is 215 g/mol. The smallest absolute Gasteiger partial charge is 0.0471 e. The molecular formula is C16H9N. The van der Waals surface area contributed by atoms with Crippen LogP contribution in [0, 0.1) is 12.1 Å². The van der Waals surface area contributed by atoms with E-state index in [9.17, 15) is 0 Å². The summed E-state index contributed by atoms with van der Waals surface area (Å²) in [4.78, 5) is 3.44. The normalized spacial score (nSPS) is 11.5. The lowest BCUT2D eigenvalue weighted by molar-refractivity contribution is 1.55. The second kappa shape index (κ2) is 3.11. The molecule has 1 N–H and O–H groups in total. The molecule has 1 heteroatoms. The van der Waals surface area contributed by atoms with E-state index in [4.69, 9.17) is 0 Å². The minimum atomic E-state index is 1.14. The summed E-state index contributed by atoms with van der Waals surface area (Å²) in [5.74, 6) is 0. The van der Waals surface area contributed by atoms with Crippen molar-refractivity contribution in [3.8, 4) is 0 Å². The van der Waals surface area contributed by atoms with E-state index in [-0.39, 0.29) is 0 Å². The highest BCUT2D eigenvalue weighted by molar-refractivity contribution is 6.19. The summed E-state index contributed by atoms with van der Waals surface area (Å²) in [6, 6.07) is 22.9. The number of H-pyrrole nitrogens is 1. The number of para-hydroxylation sites is 1. The first-order chi connectivity index (χ1) is 8.43. The minimum Gasteiger partial charge on any atom is -0.354 e. The summed E-state index contributed by atoms with van der Waals surface area (Å²) < 4.78 is 0. The van der Waals surface area contributed by atoms with Crippen LogP contribution in [-0.2, 0) is 0 Å². The van der Waals surface area contributed by atoms with Gasteiger partial charge in [-0.1, -0.05) is 36.4 Å². The second-order valence-electron chi connectivity index (χ2n) is 4.23. The number of rotatable bonds is 0. The van der Waals surface area contributed by atoms with Crippen LogP contribution in [0.3, 0.4) is 0 Å². The summed E-state index contributed by atoms with van der Waals surface area (Å²) in [5, 5.41) is 4.85. The van der Waals surface area contributed by atoms with Crippen molar-refractivity contribution in [3.63, 3.8) is 0 Å². The first-order valence-corrected chi connectivity index (χ1v) is 5.65. The summed E-state index contributed by atoms with van der Waals surface area (Å²) in [7, 11) is 0. The van der Waals surface area contributed by atoms with Crippen molar-refractivity contribution in [2.45, 2.75) is 0 Å². The van der Waals surface area contributed by atoms with Crippen LogP contribution in [0.15, 0.2) is 48.5 Å². The fraction of sp³-hybridized carbons (Fsp3) is 0. The fourth-order valence-electron chi connectivity index (χ4n) is 2.48. The van der Waals surface area contributed by atoms with Gasteiger partial charge in [-0.25, -0.2) is 0 Å². The highest BCUT2D eigenvalue weighted by Gasteiger charge is 2.06. The molecule has 0 aliphatic rings. The molecule has 17 heavy (non-hydrogen) atoms. The van der Waals surface area contributed by atoms with Gasteiger partial charge in [0.2, 0.25) is 0 Å². The molecule has 0 saturated carbocycles. The molecule has 3 aromatic carbocycles. The van der Waals surface area contributed by atoms with Crippen LogP contribution in [0.1, 0.15) is 0 Å². The Morgan fingerprint density at radius 1 is 0.882 bits per heavy atom. The molecule has 0 atom stereocenters. The molecule has 0 saturated heterocycles. The Hall–Kier alpha value is -2.28. The summed E-state index contributed by atoms with van der Waals surface area (Å²) in [6.45, 7) is 0. The third-order valence-corrected chi connectivity index (χ3v) is 3.25. The molecule has 4 rings (SSSR count). The van der Waals surface area contributed by atoms with Gasteiger partial charge in [-0.2, -0.15) is 0 Å². The van der Waals surface area contributed by atoms with Crippen molar-refractivity contribution in [2.75, 3.05) is 0 Å². The quantitative estimate of drug-likeness (QED) is 0.455. The SMILES string of the molecule is [c]1[c]c2c(cc1)ccc1[nH]c3ccccc3c12. The predicted molar refractivity (Wildman–Crippen MR) is 71.0 cm³/mol. The van der Waals surface area contributed by atoms with Gasteiger partial charge in [-0.3, -0.25) is 0 Å². The van der Waals surface area contributed by atoms with Crippen LogP contribution >= 0.6 is 0 Å². The molecule has 0 unspecified atom stereocenters. The maximum atomic E-state index is 3.44. The van der Waals surface area contributed by atoms with E-state index in [0.717, 1.165) is 10.9 Å². The lowest BCUT2D eigenvalue weighted by Crippen LogP contribution is -1.74. The van der Waals surface area contributed by atoms with Crippen LogP contribution in [0.2, 0.25) is 0 Å². The average Bonchev–Trinajstić information content (AvgIpc) is 2.77. The zero-order valence-corrected chi connectivity index (χ0v) is 9.12. The Bertz CT molecular complexity index is 834. The Kier molecular flexibility index (Phi) is 1.61. The van der Waals surface area contributed by atoms with Crippen molar-refractivity contribution in [1.29, 1.82) is 0 Å². The molecule has 4 aromatic rings. The lowest BCUT2D eigenvalue weighted by Gasteiger charge is -1.98. The van der Waals surface area contributed by atoms with Crippen LogP contribution in [0.25, 0.3) is 32.6 Å². The first kappa shape index (κ1) is 8.82. The number of hydrogen-bond donors (Lipinski definition) is 1. The number of hydrogen-bond acceptors (Lipinski definition) is 0. The highest BCUT2D eigenvalue weighted by atomic mass is 14.7. The van der Waals surface area contributed by atoms with E-state index in [1.165, 1.54) is 21.7 Å². The van der Waals surface area contributed by atoms with E-state index in [1.807, 2.05) is 6.07 Å². The maximum absolute atomic E-state index is 3.44. The van der Waals surface area contributed by atoms with E-state index < -0.39 is 0 Å². The standard InChI is InChI=1S/C16H9N/c1-2-6-12-11(5-1)9-10-15-16(12)13-7-3-4-8-14(13)17-15/h1,3-5,7-10,17H. The fourth-order valence-corrected chi connectivity index (χ4v) is 2.48. The maximum Gasteiger partial charge on any atom is 0.0471 e. The van der Waals surface area contributed by atoms with Gasteiger partial charge >= 0.3 is 0 Å². The van der Waals surface area contributed by atoms with E-state index >= 15 is 0 Å². The molecular weight excluding hydrogens is 206 g/mol. The number of aromatic nitrogens is 1. The van der Waals surface area contributed by atoms with Crippen molar-refractivity contribution >= 4 is 32.6 Å². The molecule has 0 amide bonds. The Morgan fingerprint density at radius 3 is 2.82 bits per heavy atom. The number of fused-ring (bicyclic) bond motifs is 5. The molecule has 1 aromatic heterocycles. The van der Waals surface area contributed by atoms with Crippen LogP contribution in [-0.4, -0.2) is 4.98 Å². The summed E-state index contributed by atoms with van der Waals surface area (Å²) >= 11 is 0. The summed E-state index contributed by atoms with van der Waals surface area (Å²) in [6.07, 6.45) is 0. The highest BCUT2D eigenvalue weighted by Crippen LogP contribution is 2.31. The first-order valence-electron chi connectivity index (χ1n) is 5.65. The van der Waals surface area contributed by atoms with Gasteiger partial charge in [0.1, 0.15) is 0 Å². The van der Waals surface area contributed by atoms with Gasteiger partial charge in [0.15, 0.2) is 0 Å². The van der Waals surface area contributed by atoms with Gasteiger partial charge in [0.05, 0.1) is 0 Å². The lowest BCUT2D eigenvalue weighted by atomic mass is 10.0. The van der Waals surface area contributed by atoms with Crippen molar-refractivity contribution in [3.05, 3.63) is 60.7 Å². The Labute approximate surface area is 98.7 Å². The van der Waals surface area contributed by atoms with Crippen molar-refractivity contribution < 1.29 is 0 Å². The molecule has 0 bridgehead atoms. The predicted octanol–water partition coefficient (Wildman–Crippen LogP) is 4.07. The second-order valence-corrected chi connectivity index (χ2v) is 4.23. The molecule has 1 nitrogen and oxygen atoms in total. The van der Waals surface area contributed by atoms with Crippen LogP contribution < -0.4 is 0 Å².